The van der Waals surface area contributed by atoms with E-state index in [4.69, 9.17) is 15.5 Å². The van der Waals surface area contributed by atoms with Crippen molar-refractivity contribution in [3.63, 3.8) is 0 Å². The van der Waals surface area contributed by atoms with Crippen molar-refractivity contribution in [3.8, 4) is 0 Å². The number of rotatable bonds is 3. The lowest BCUT2D eigenvalue weighted by molar-refractivity contribution is 0.0498. The standard InChI is InChI=1S/C15H27N3OS/c1-10-6-7-18(9-11(10)19-5)14-17-13(15(2,3)4)12(8-16)20-14/h10-11H,6-9,16H2,1-5H3. The highest BCUT2D eigenvalue weighted by Gasteiger charge is 2.30. The molecule has 1 aliphatic rings. The quantitative estimate of drug-likeness (QED) is 0.932. The number of ether oxygens (including phenoxy) is 1. The zero-order valence-electron chi connectivity index (χ0n) is 13.3. The number of piperidine rings is 1. The first-order valence-electron chi connectivity index (χ1n) is 7.34. The predicted molar refractivity (Wildman–Crippen MR) is 85.5 cm³/mol. The summed E-state index contributed by atoms with van der Waals surface area (Å²) < 4.78 is 5.60. The van der Waals surface area contributed by atoms with Crippen molar-refractivity contribution < 1.29 is 4.74 Å². The maximum atomic E-state index is 5.89. The van der Waals surface area contributed by atoms with E-state index in [-0.39, 0.29) is 5.41 Å². The molecule has 20 heavy (non-hydrogen) atoms. The Hall–Kier alpha value is -0.650. The van der Waals surface area contributed by atoms with Crippen molar-refractivity contribution in [2.24, 2.45) is 11.7 Å². The molecule has 0 aromatic carbocycles. The Morgan fingerprint density at radius 3 is 2.65 bits per heavy atom. The third kappa shape index (κ3) is 3.15. The largest absolute Gasteiger partial charge is 0.379 e. The Morgan fingerprint density at radius 1 is 1.45 bits per heavy atom. The Kier molecular flexibility index (Phi) is 4.72. The van der Waals surface area contributed by atoms with Crippen LogP contribution in [0.3, 0.4) is 0 Å². The van der Waals surface area contributed by atoms with Gasteiger partial charge < -0.3 is 15.4 Å². The average molecular weight is 297 g/mol. The Balaban J connectivity index is 2.23. The van der Waals surface area contributed by atoms with Crippen LogP contribution in [0.4, 0.5) is 5.13 Å². The summed E-state index contributed by atoms with van der Waals surface area (Å²) in [7, 11) is 1.80. The first-order valence-corrected chi connectivity index (χ1v) is 8.16. The summed E-state index contributed by atoms with van der Waals surface area (Å²) >= 11 is 1.74. The molecule has 1 aliphatic heterocycles. The average Bonchev–Trinajstić information content (AvgIpc) is 2.83. The van der Waals surface area contributed by atoms with Gasteiger partial charge in [-0.05, 0) is 12.3 Å². The molecule has 114 valence electrons. The van der Waals surface area contributed by atoms with Crippen LogP contribution in [0.15, 0.2) is 0 Å². The molecular weight excluding hydrogens is 270 g/mol. The van der Waals surface area contributed by atoms with Crippen LogP contribution < -0.4 is 10.6 Å². The maximum Gasteiger partial charge on any atom is 0.185 e. The fourth-order valence-electron chi connectivity index (χ4n) is 2.71. The highest BCUT2D eigenvalue weighted by molar-refractivity contribution is 7.15. The summed E-state index contributed by atoms with van der Waals surface area (Å²) in [4.78, 5) is 8.44. The van der Waals surface area contributed by atoms with Crippen LogP contribution in [0, 0.1) is 5.92 Å². The molecule has 0 spiro atoms. The van der Waals surface area contributed by atoms with E-state index in [1.807, 2.05) is 0 Å². The highest BCUT2D eigenvalue weighted by Crippen LogP contribution is 2.35. The summed E-state index contributed by atoms with van der Waals surface area (Å²) in [5.41, 5.74) is 7.09. The van der Waals surface area contributed by atoms with Crippen molar-refractivity contribution in [3.05, 3.63) is 10.6 Å². The number of aromatic nitrogens is 1. The van der Waals surface area contributed by atoms with Crippen molar-refractivity contribution in [1.82, 2.24) is 4.98 Å². The molecule has 0 saturated carbocycles. The minimum absolute atomic E-state index is 0.0488. The molecule has 2 unspecified atom stereocenters. The Morgan fingerprint density at radius 2 is 2.15 bits per heavy atom. The molecule has 0 radical (unpaired) electrons. The number of hydrogen-bond donors (Lipinski definition) is 1. The van der Waals surface area contributed by atoms with E-state index >= 15 is 0 Å². The fraction of sp³-hybridized carbons (Fsp3) is 0.800. The number of thiazole rings is 1. The molecule has 0 aliphatic carbocycles. The third-order valence-electron chi connectivity index (χ3n) is 4.04. The molecule has 5 heteroatoms. The molecule has 2 heterocycles. The van der Waals surface area contributed by atoms with Gasteiger partial charge in [0, 0.05) is 37.0 Å². The number of hydrogen-bond acceptors (Lipinski definition) is 5. The summed E-state index contributed by atoms with van der Waals surface area (Å²) in [6.45, 7) is 11.4. The molecule has 1 fully saturated rings. The van der Waals surface area contributed by atoms with E-state index in [1.54, 1.807) is 18.4 Å². The second kappa shape index (κ2) is 6.00. The zero-order chi connectivity index (χ0) is 14.9. The van der Waals surface area contributed by atoms with Crippen LogP contribution in [0.25, 0.3) is 0 Å². The number of methoxy groups -OCH3 is 1. The Labute approximate surface area is 126 Å². The van der Waals surface area contributed by atoms with E-state index in [1.165, 1.54) is 4.88 Å². The fourth-order valence-corrected chi connectivity index (χ4v) is 3.90. The predicted octanol–water partition coefficient (Wildman–Crippen LogP) is 2.76. The first kappa shape index (κ1) is 15.7. The van der Waals surface area contributed by atoms with Gasteiger partial charge in [-0.1, -0.05) is 27.7 Å². The van der Waals surface area contributed by atoms with E-state index in [9.17, 15) is 0 Å². The molecule has 1 aromatic heterocycles. The van der Waals surface area contributed by atoms with Crippen molar-refractivity contribution >= 4 is 16.5 Å². The monoisotopic (exact) mass is 297 g/mol. The molecule has 4 nitrogen and oxygen atoms in total. The van der Waals surface area contributed by atoms with Gasteiger partial charge in [-0.2, -0.15) is 0 Å². The minimum atomic E-state index is 0.0488. The molecule has 2 N–H and O–H groups in total. The van der Waals surface area contributed by atoms with E-state index in [0.29, 0.717) is 18.6 Å². The molecule has 1 saturated heterocycles. The van der Waals surface area contributed by atoms with E-state index in [0.717, 1.165) is 30.3 Å². The summed E-state index contributed by atoms with van der Waals surface area (Å²) in [6.07, 6.45) is 1.45. The maximum absolute atomic E-state index is 5.89. The number of nitrogens with zero attached hydrogens (tertiary/aromatic N) is 2. The van der Waals surface area contributed by atoms with Crippen molar-refractivity contribution in [1.29, 1.82) is 0 Å². The topological polar surface area (TPSA) is 51.4 Å². The SMILES string of the molecule is COC1CN(c2nc(C(C)(C)C)c(CN)s2)CCC1C. The highest BCUT2D eigenvalue weighted by atomic mass is 32.1. The lowest BCUT2D eigenvalue weighted by Crippen LogP contribution is -2.43. The van der Waals surface area contributed by atoms with Crippen molar-refractivity contribution in [2.45, 2.75) is 52.2 Å². The van der Waals surface area contributed by atoms with Gasteiger partial charge in [0.15, 0.2) is 5.13 Å². The summed E-state index contributed by atoms with van der Waals surface area (Å²) in [5.74, 6) is 0.618. The Bertz CT molecular complexity index is 452. The van der Waals surface area contributed by atoms with Crippen LogP contribution >= 0.6 is 11.3 Å². The minimum Gasteiger partial charge on any atom is -0.379 e. The second-order valence-electron chi connectivity index (χ2n) is 6.71. The van der Waals surface area contributed by atoms with Gasteiger partial charge in [-0.15, -0.1) is 11.3 Å². The summed E-state index contributed by atoms with van der Waals surface area (Å²) in [5, 5.41) is 1.10. The normalized spacial score (nSPS) is 24.2. The van der Waals surface area contributed by atoms with Gasteiger partial charge in [0.1, 0.15) is 0 Å². The van der Waals surface area contributed by atoms with Crippen LogP contribution in [-0.2, 0) is 16.7 Å². The zero-order valence-corrected chi connectivity index (χ0v) is 14.1. The van der Waals surface area contributed by atoms with Gasteiger partial charge >= 0.3 is 0 Å². The van der Waals surface area contributed by atoms with Crippen LogP contribution in [-0.4, -0.2) is 31.3 Å². The van der Waals surface area contributed by atoms with Gasteiger partial charge in [-0.3, -0.25) is 0 Å². The third-order valence-corrected chi connectivity index (χ3v) is 5.18. The smallest absolute Gasteiger partial charge is 0.185 e. The van der Waals surface area contributed by atoms with Crippen LogP contribution in [0.5, 0.6) is 0 Å². The van der Waals surface area contributed by atoms with Crippen molar-refractivity contribution in [2.75, 3.05) is 25.1 Å². The molecule has 1 aromatic rings. The molecule has 0 bridgehead atoms. The van der Waals surface area contributed by atoms with Gasteiger partial charge in [-0.25, -0.2) is 4.98 Å². The molecular formula is C15H27N3OS. The molecule has 2 atom stereocenters. The summed E-state index contributed by atoms with van der Waals surface area (Å²) in [6, 6.07) is 0. The first-order chi connectivity index (χ1) is 9.36. The molecule has 0 amide bonds. The number of anilines is 1. The lowest BCUT2D eigenvalue weighted by atomic mass is 9.91. The number of nitrogens with two attached hydrogens (primary N) is 1. The lowest BCUT2D eigenvalue weighted by Gasteiger charge is -2.36. The van der Waals surface area contributed by atoms with Gasteiger partial charge in [0.25, 0.3) is 0 Å². The molecule has 2 rings (SSSR count). The van der Waals surface area contributed by atoms with E-state index < -0.39 is 0 Å². The van der Waals surface area contributed by atoms with Crippen LogP contribution in [0.2, 0.25) is 0 Å². The van der Waals surface area contributed by atoms with E-state index in [2.05, 4.69) is 32.6 Å². The second-order valence-corrected chi connectivity index (χ2v) is 7.77. The van der Waals surface area contributed by atoms with Gasteiger partial charge in [0.05, 0.1) is 11.8 Å². The van der Waals surface area contributed by atoms with Crippen LogP contribution in [0.1, 0.15) is 44.7 Å². The van der Waals surface area contributed by atoms with Gasteiger partial charge in [0.2, 0.25) is 0 Å².